The van der Waals surface area contributed by atoms with Gasteiger partial charge in [-0.3, -0.25) is 14.8 Å². The summed E-state index contributed by atoms with van der Waals surface area (Å²) in [5.74, 6) is 0.0364. The average Bonchev–Trinajstić information content (AvgIpc) is 3.20. The minimum Gasteiger partial charge on any atom is -0.365 e. The Kier molecular flexibility index (Phi) is 7.14. The van der Waals surface area contributed by atoms with E-state index in [4.69, 9.17) is 5.73 Å². The van der Waals surface area contributed by atoms with Crippen LogP contribution in [-0.4, -0.2) is 34.1 Å². The molecule has 3 aromatic rings. The largest absolute Gasteiger partial charge is 0.365 e. The highest BCUT2D eigenvalue weighted by Crippen LogP contribution is 2.22. The number of carbonyl (C=O) groups excluding carboxylic acids is 1. The Morgan fingerprint density at radius 3 is 2.27 bits per heavy atom. The summed E-state index contributed by atoms with van der Waals surface area (Å²) < 4.78 is 0. The Bertz CT molecular complexity index is 1090. The molecule has 33 heavy (non-hydrogen) atoms. The van der Waals surface area contributed by atoms with E-state index in [0.29, 0.717) is 24.3 Å². The number of aromatic nitrogens is 2. The van der Waals surface area contributed by atoms with Crippen molar-refractivity contribution in [3.8, 4) is 0 Å². The standard InChI is InChI=1S/C27H35N5O/c1-18-13-23(14-19(2)20(18)3)16-29-27-25(26(28)33)24(30-31-27)15-21-7-9-22(10-8-21)17-32-11-5-4-6-12-32/h7-10,13-14H,4-6,11-12,15-17H2,1-3H3,(H2,28,33)(H2,29,30,31). The third-order valence-corrected chi connectivity index (χ3v) is 6.79. The molecule has 2 aromatic carbocycles. The molecule has 0 saturated carbocycles. The zero-order valence-corrected chi connectivity index (χ0v) is 20.0. The van der Waals surface area contributed by atoms with E-state index in [2.05, 4.69) is 77.6 Å². The summed E-state index contributed by atoms with van der Waals surface area (Å²) in [6.45, 7) is 10.3. The van der Waals surface area contributed by atoms with Crippen LogP contribution in [-0.2, 0) is 19.5 Å². The molecule has 4 N–H and O–H groups in total. The van der Waals surface area contributed by atoms with Crippen LogP contribution in [0.1, 0.15) is 68.7 Å². The van der Waals surface area contributed by atoms with Crippen molar-refractivity contribution in [2.24, 2.45) is 5.73 Å². The van der Waals surface area contributed by atoms with Gasteiger partial charge in [-0.1, -0.05) is 42.8 Å². The summed E-state index contributed by atoms with van der Waals surface area (Å²) in [4.78, 5) is 14.8. The van der Waals surface area contributed by atoms with Gasteiger partial charge < -0.3 is 11.1 Å². The summed E-state index contributed by atoms with van der Waals surface area (Å²) in [5, 5.41) is 10.7. The molecule has 0 atom stereocenters. The molecule has 6 heteroatoms. The van der Waals surface area contributed by atoms with Crippen molar-refractivity contribution in [1.29, 1.82) is 0 Å². The minimum absolute atomic E-state index is 0.438. The molecule has 0 radical (unpaired) electrons. The van der Waals surface area contributed by atoms with Crippen molar-refractivity contribution >= 4 is 11.7 Å². The number of nitrogens with two attached hydrogens (primary N) is 1. The molecule has 2 heterocycles. The predicted octanol–water partition coefficient (Wildman–Crippen LogP) is 4.62. The molecule has 1 saturated heterocycles. The number of piperidine rings is 1. The van der Waals surface area contributed by atoms with Gasteiger partial charge in [0.2, 0.25) is 0 Å². The third kappa shape index (κ3) is 5.63. The zero-order valence-electron chi connectivity index (χ0n) is 20.0. The number of likely N-dealkylation sites (tertiary alicyclic amines) is 1. The molecule has 1 aromatic heterocycles. The van der Waals surface area contributed by atoms with Crippen LogP contribution in [0.4, 0.5) is 5.82 Å². The maximum atomic E-state index is 12.3. The summed E-state index contributed by atoms with van der Waals surface area (Å²) in [7, 11) is 0. The van der Waals surface area contributed by atoms with Gasteiger partial charge in [0, 0.05) is 19.5 Å². The highest BCUT2D eigenvalue weighted by molar-refractivity contribution is 5.98. The smallest absolute Gasteiger partial charge is 0.254 e. The van der Waals surface area contributed by atoms with Crippen molar-refractivity contribution in [3.05, 3.63) is 81.0 Å². The van der Waals surface area contributed by atoms with Crippen LogP contribution in [0.2, 0.25) is 0 Å². The topological polar surface area (TPSA) is 87.0 Å². The number of anilines is 1. The van der Waals surface area contributed by atoms with Crippen molar-refractivity contribution in [2.45, 2.75) is 59.5 Å². The number of primary amides is 1. The lowest BCUT2D eigenvalue weighted by atomic mass is 10.0. The van der Waals surface area contributed by atoms with Crippen LogP contribution in [0, 0.1) is 20.8 Å². The first-order valence-corrected chi connectivity index (χ1v) is 11.9. The minimum atomic E-state index is -0.473. The molecule has 6 nitrogen and oxygen atoms in total. The fourth-order valence-corrected chi connectivity index (χ4v) is 4.65. The van der Waals surface area contributed by atoms with Crippen molar-refractivity contribution in [3.63, 3.8) is 0 Å². The Labute approximate surface area is 196 Å². The van der Waals surface area contributed by atoms with Gasteiger partial charge in [0.05, 0.1) is 5.69 Å². The van der Waals surface area contributed by atoms with E-state index in [9.17, 15) is 4.79 Å². The lowest BCUT2D eigenvalue weighted by Gasteiger charge is -2.26. The molecule has 0 unspecified atom stereocenters. The normalized spacial score (nSPS) is 14.4. The number of nitrogens with one attached hydrogen (secondary N) is 2. The van der Waals surface area contributed by atoms with E-state index in [1.807, 2.05) is 0 Å². The van der Waals surface area contributed by atoms with Crippen LogP contribution in [0.15, 0.2) is 36.4 Å². The Balaban J connectivity index is 1.43. The second-order valence-electron chi connectivity index (χ2n) is 9.33. The molecule has 1 aliphatic heterocycles. The monoisotopic (exact) mass is 445 g/mol. The van der Waals surface area contributed by atoms with Crippen molar-refractivity contribution < 1.29 is 4.79 Å². The molecule has 0 spiro atoms. The van der Waals surface area contributed by atoms with Crippen LogP contribution >= 0.6 is 0 Å². The maximum absolute atomic E-state index is 12.3. The first-order chi connectivity index (χ1) is 15.9. The van der Waals surface area contributed by atoms with E-state index in [1.165, 1.54) is 54.6 Å². The highest BCUT2D eigenvalue weighted by atomic mass is 16.1. The van der Waals surface area contributed by atoms with Gasteiger partial charge in [-0.05, 0) is 80.1 Å². The Hall–Kier alpha value is -3.12. The Morgan fingerprint density at radius 1 is 1.00 bits per heavy atom. The quantitative estimate of drug-likeness (QED) is 0.472. The second kappa shape index (κ2) is 10.2. The first kappa shape index (κ1) is 23.1. The maximum Gasteiger partial charge on any atom is 0.254 e. The van der Waals surface area contributed by atoms with E-state index in [1.54, 1.807) is 0 Å². The summed E-state index contributed by atoms with van der Waals surface area (Å²) in [5.41, 5.74) is 14.3. The number of nitrogens with zero attached hydrogens (tertiary/aromatic N) is 2. The van der Waals surface area contributed by atoms with Crippen LogP contribution in [0.3, 0.4) is 0 Å². The van der Waals surface area contributed by atoms with Crippen LogP contribution < -0.4 is 11.1 Å². The number of carbonyl (C=O) groups is 1. The van der Waals surface area contributed by atoms with Gasteiger partial charge in [-0.25, -0.2) is 0 Å². The lowest BCUT2D eigenvalue weighted by molar-refractivity contribution is 0.100. The van der Waals surface area contributed by atoms with E-state index < -0.39 is 5.91 Å². The van der Waals surface area contributed by atoms with Crippen LogP contribution in [0.5, 0.6) is 0 Å². The third-order valence-electron chi connectivity index (χ3n) is 6.79. The number of amides is 1. The molecule has 1 fully saturated rings. The molecule has 4 rings (SSSR count). The number of hydrogen-bond acceptors (Lipinski definition) is 4. The van der Waals surface area contributed by atoms with Gasteiger partial charge in [0.25, 0.3) is 5.91 Å². The predicted molar refractivity (Wildman–Crippen MR) is 133 cm³/mol. The number of hydrogen-bond donors (Lipinski definition) is 3. The lowest BCUT2D eigenvalue weighted by Crippen LogP contribution is -2.29. The molecule has 0 bridgehead atoms. The average molecular weight is 446 g/mol. The number of H-pyrrole nitrogens is 1. The van der Waals surface area contributed by atoms with E-state index in [-0.39, 0.29) is 0 Å². The van der Waals surface area contributed by atoms with Gasteiger partial charge in [-0.2, -0.15) is 5.10 Å². The van der Waals surface area contributed by atoms with Crippen molar-refractivity contribution in [1.82, 2.24) is 15.1 Å². The number of rotatable bonds is 8. The van der Waals surface area contributed by atoms with Gasteiger partial charge >= 0.3 is 0 Å². The van der Waals surface area contributed by atoms with Gasteiger partial charge in [-0.15, -0.1) is 0 Å². The van der Waals surface area contributed by atoms with Crippen LogP contribution in [0.25, 0.3) is 0 Å². The van der Waals surface area contributed by atoms with E-state index >= 15 is 0 Å². The van der Waals surface area contributed by atoms with E-state index in [0.717, 1.165) is 23.4 Å². The van der Waals surface area contributed by atoms with Gasteiger partial charge in [0.1, 0.15) is 5.56 Å². The highest BCUT2D eigenvalue weighted by Gasteiger charge is 2.19. The number of benzene rings is 2. The molecular formula is C27H35N5O. The molecule has 1 amide bonds. The molecule has 0 aliphatic carbocycles. The number of aromatic amines is 1. The van der Waals surface area contributed by atoms with Crippen molar-refractivity contribution in [2.75, 3.05) is 18.4 Å². The number of aryl methyl sites for hydroxylation is 2. The summed E-state index contributed by atoms with van der Waals surface area (Å²) in [6, 6.07) is 13.0. The first-order valence-electron chi connectivity index (χ1n) is 11.9. The molecular weight excluding hydrogens is 410 g/mol. The van der Waals surface area contributed by atoms with Gasteiger partial charge in [0.15, 0.2) is 5.82 Å². The second-order valence-corrected chi connectivity index (χ2v) is 9.33. The molecule has 1 aliphatic rings. The SMILES string of the molecule is Cc1cc(CNc2n[nH]c(Cc3ccc(CN4CCCCC4)cc3)c2C(N)=O)cc(C)c1C. The zero-order chi connectivity index (χ0) is 23.4. The summed E-state index contributed by atoms with van der Waals surface area (Å²) >= 11 is 0. The molecule has 174 valence electrons. The summed E-state index contributed by atoms with van der Waals surface area (Å²) in [6.07, 6.45) is 4.53. The Morgan fingerprint density at radius 2 is 1.64 bits per heavy atom. The fourth-order valence-electron chi connectivity index (χ4n) is 4.65. The fraction of sp³-hybridized carbons (Fsp3) is 0.407.